The molecule has 0 spiro atoms. The molecule has 0 heterocycles. The lowest BCUT2D eigenvalue weighted by atomic mass is 10.2. The molecule has 0 fully saturated rings. The van der Waals surface area contributed by atoms with Crippen molar-refractivity contribution in [3.63, 3.8) is 0 Å². The van der Waals surface area contributed by atoms with Gasteiger partial charge in [-0.1, -0.05) is 17.5 Å². The fourth-order valence-corrected chi connectivity index (χ4v) is 2.19. The number of primary sulfonamides is 1. The number of halogens is 1. The van der Waals surface area contributed by atoms with Crippen LogP contribution in [0.25, 0.3) is 0 Å². The van der Waals surface area contributed by atoms with Gasteiger partial charge in [-0.3, -0.25) is 0 Å². The Balaban J connectivity index is 3.03. The van der Waals surface area contributed by atoms with Crippen molar-refractivity contribution >= 4 is 27.6 Å². The van der Waals surface area contributed by atoms with Gasteiger partial charge in [-0.2, -0.15) is 0 Å². The number of esters is 1. The Kier molecular flexibility index (Phi) is 4.73. The van der Waals surface area contributed by atoms with Gasteiger partial charge in [0.25, 0.3) is 0 Å². The minimum absolute atomic E-state index is 0.0480. The molecule has 0 bridgehead atoms. The second kappa shape index (κ2) is 5.87. The molecule has 0 saturated carbocycles. The molecule has 96 valence electrons. The van der Waals surface area contributed by atoms with Gasteiger partial charge in [-0.15, -0.1) is 0 Å². The third-order valence-electron chi connectivity index (χ3n) is 1.82. The summed E-state index contributed by atoms with van der Waals surface area (Å²) in [5.74, 6) is 4.08. The average Bonchev–Trinajstić information content (AvgIpc) is 2.25. The first-order chi connectivity index (χ1) is 8.34. The molecule has 0 radical (unpaired) electrons. The van der Waals surface area contributed by atoms with Crippen LogP contribution in [0.4, 0.5) is 0 Å². The molecule has 0 amide bonds. The quantitative estimate of drug-likeness (QED) is 0.647. The van der Waals surface area contributed by atoms with Crippen molar-refractivity contribution in [1.82, 2.24) is 0 Å². The average molecular weight is 288 g/mol. The van der Waals surface area contributed by atoms with E-state index in [-0.39, 0.29) is 16.5 Å². The van der Waals surface area contributed by atoms with Crippen LogP contribution in [0.3, 0.4) is 0 Å². The molecule has 0 aliphatic heterocycles. The maximum Gasteiger partial charge on any atom is 0.384 e. The highest BCUT2D eigenvalue weighted by Gasteiger charge is 2.12. The summed E-state index contributed by atoms with van der Waals surface area (Å²) in [4.78, 5) is 10.8. The number of carbonyl (C=O) groups is 1. The molecule has 1 aromatic rings. The first-order valence-corrected chi connectivity index (χ1v) is 6.78. The Morgan fingerprint density at radius 1 is 1.50 bits per heavy atom. The van der Waals surface area contributed by atoms with Crippen LogP contribution in [0.15, 0.2) is 23.1 Å². The summed E-state index contributed by atoms with van der Waals surface area (Å²) in [5, 5.41) is 4.90. The maximum absolute atomic E-state index is 11.1. The van der Waals surface area contributed by atoms with E-state index in [1.54, 1.807) is 6.92 Å². The lowest BCUT2D eigenvalue weighted by Crippen LogP contribution is -2.12. The molecule has 0 unspecified atom stereocenters. The molecule has 7 heteroatoms. The van der Waals surface area contributed by atoms with Crippen LogP contribution in [-0.2, 0) is 19.6 Å². The Bertz CT molecular complexity index is 628. The van der Waals surface area contributed by atoms with Gasteiger partial charge in [-0.25, -0.2) is 18.4 Å². The predicted octanol–water partition coefficient (Wildman–Crippen LogP) is 0.902. The van der Waals surface area contributed by atoms with Gasteiger partial charge in [0.05, 0.1) is 11.6 Å². The second-order valence-corrected chi connectivity index (χ2v) is 5.10. The third-order valence-corrected chi connectivity index (χ3v) is 3.22. The van der Waals surface area contributed by atoms with Crippen LogP contribution >= 0.6 is 11.6 Å². The zero-order valence-corrected chi connectivity index (χ0v) is 11.0. The summed E-state index contributed by atoms with van der Waals surface area (Å²) < 4.78 is 26.8. The normalized spacial score (nSPS) is 10.4. The van der Waals surface area contributed by atoms with Crippen LogP contribution in [0.2, 0.25) is 5.02 Å². The second-order valence-electron chi connectivity index (χ2n) is 3.16. The van der Waals surface area contributed by atoms with Gasteiger partial charge in [0, 0.05) is 11.5 Å². The SMILES string of the molecule is CCOC(=O)C#Cc1ccc(S(N)(=O)=O)c(Cl)c1. The van der Waals surface area contributed by atoms with E-state index in [2.05, 4.69) is 16.6 Å². The van der Waals surface area contributed by atoms with E-state index in [1.165, 1.54) is 18.2 Å². The fourth-order valence-electron chi connectivity index (χ4n) is 1.10. The van der Waals surface area contributed by atoms with Crippen molar-refractivity contribution in [2.24, 2.45) is 5.14 Å². The predicted molar refractivity (Wildman–Crippen MR) is 66.3 cm³/mol. The van der Waals surface area contributed by atoms with E-state index in [4.69, 9.17) is 16.7 Å². The molecular weight excluding hydrogens is 278 g/mol. The highest BCUT2D eigenvalue weighted by atomic mass is 35.5. The van der Waals surface area contributed by atoms with Crippen molar-refractivity contribution in [2.75, 3.05) is 6.61 Å². The van der Waals surface area contributed by atoms with Gasteiger partial charge in [-0.05, 0) is 25.1 Å². The van der Waals surface area contributed by atoms with E-state index in [9.17, 15) is 13.2 Å². The topological polar surface area (TPSA) is 86.5 Å². The molecule has 18 heavy (non-hydrogen) atoms. The first-order valence-electron chi connectivity index (χ1n) is 4.85. The van der Waals surface area contributed by atoms with Crippen LogP contribution < -0.4 is 5.14 Å². The largest absolute Gasteiger partial charge is 0.456 e. The number of rotatable bonds is 2. The molecule has 5 nitrogen and oxygen atoms in total. The van der Waals surface area contributed by atoms with Crippen LogP contribution in [0.1, 0.15) is 12.5 Å². The Morgan fingerprint density at radius 2 is 2.17 bits per heavy atom. The van der Waals surface area contributed by atoms with E-state index in [0.717, 1.165) is 0 Å². The summed E-state index contributed by atoms with van der Waals surface area (Å²) >= 11 is 5.75. The molecule has 0 aromatic heterocycles. The van der Waals surface area contributed by atoms with Gasteiger partial charge < -0.3 is 4.74 Å². The molecule has 1 aromatic carbocycles. The summed E-state index contributed by atoms with van der Waals surface area (Å²) in [7, 11) is -3.86. The van der Waals surface area contributed by atoms with Crippen molar-refractivity contribution < 1.29 is 17.9 Å². The smallest absolute Gasteiger partial charge is 0.384 e. The highest BCUT2D eigenvalue weighted by Crippen LogP contribution is 2.20. The monoisotopic (exact) mass is 287 g/mol. The van der Waals surface area contributed by atoms with Crippen LogP contribution in [0, 0.1) is 11.8 Å². The molecule has 1 rings (SSSR count). The Hall–Kier alpha value is -1.55. The summed E-state index contributed by atoms with van der Waals surface area (Å²) in [6, 6.07) is 3.94. The molecule has 0 aliphatic rings. The molecule has 2 N–H and O–H groups in total. The molecule has 0 aliphatic carbocycles. The Labute approximate surface area is 110 Å². The number of ether oxygens (including phenoxy) is 1. The number of nitrogens with two attached hydrogens (primary N) is 1. The number of hydrogen-bond acceptors (Lipinski definition) is 4. The minimum Gasteiger partial charge on any atom is -0.456 e. The van der Waals surface area contributed by atoms with E-state index in [1.807, 2.05) is 0 Å². The zero-order chi connectivity index (χ0) is 13.8. The van der Waals surface area contributed by atoms with Crippen molar-refractivity contribution in [1.29, 1.82) is 0 Å². The van der Waals surface area contributed by atoms with Crippen molar-refractivity contribution in [3.05, 3.63) is 28.8 Å². The summed E-state index contributed by atoms with van der Waals surface area (Å²) in [6.45, 7) is 1.90. The maximum atomic E-state index is 11.1. The fraction of sp³-hybridized carbons (Fsp3) is 0.182. The van der Waals surface area contributed by atoms with Crippen LogP contribution in [-0.4, -0.2) is 21.0 Å². The van der Waals surface area contributed by atoms with Crippen molar-refractivity contribution in [2.45, 2.75) is 11.8 Å². The molecule has 0 atom stereocenters. The van der Waals surface area contributed by atoms with Gasteiger partial charge >= 0.3 is 5.97 Å². The van der Waals surface area contributed by atoms with E-state index < -0.39 is 16.0 Å². The number of carbonyl (C=O) groups excluding carboxylic acids is 1. The summed E-state index contributed by atoms with van der Waals surface area (Å²) in [5.41, 5.74) is 0.389. The van der Waals surface area contributed by atoms with E-state index in [0.29, 0.717) is 5.56 Å². The van der Waals surface area contributed by atoms with E-state index >= 15 is 0 Å². The van der Waals surface area contributed by atoms with Crippen molar-refractivity contribution in [3.8, 4) is 11.8 Å². The molecular formula is C11H10ClNO4S. The highest BCUT2D eigenvalue weighted by molar-refractivity contribution is 7.89. The minimum atomic E-state index is -3.86. The molecule has 0 saturated heterocycles. The number of sulfonamides is 1. The summed E-state index contributed by atoms with van der Waals surface area (Å²) in [6.07, 6.45) is 0. The number of hydrogen-bond donors (Lipinski definition) is 1. The van der Waals surface area contributed by atoms with Crippen LogP contribution in [0.5, 0.6) is 0 Å². The van der Waals surface area contributed by atoms with Gasteiger partial charge in [0.1, 0.15) is 4.90 Å². The zero-order valence-electron chi connectivity index (χ0n) is 9.44. The Morgan fingerprint density at radius 3 is 2.67 bits per heavy atom. The lowest BCUT2D eigenvalue weighted by Gasteiger charge is -2.01. The van der Waals surface area contributed by atoms with Gasteiger partial charge in [0.2, 0.25) is 10.0 Å². The number of benzene rings is 1. The third kappa shape index (κ3) is 4.04. The first kappa shape index (κ1) is 14.5. The standard InChI is InChI=1S/C11H10ClNO4S/c1-2-17-11(14)6-4-8-3-5-10(9(12)7-8)18(13,15)16/h3,5,7H,2H2,1H3,(H2,13,15,16). The van der Waals surface area contributed by atoms with Gasteiger partial charge in [0.15, 0.2) is 0 Å². The lowest BCUT2D eigenvalue weighted by molar-refractivity contribution is -0.136.